The minimum absolute atomic E-state index is 0.163. The number of nitrogens with one attached hydrogen (secondary N) is 1. The fourth-order valence-corrected chi connectivity index (χ4v) is 1.90. The molecule has 0 saturated heterocycles. The molecule has 4 heteroatoms. The number of hydrogen-bond acceptors (Lipinski definition) is 3. The van der Waals surface area contributed by atoms with Gasteiger partial charge in [0.15, 0.2) is 0 Å². The molecule has 22 heavy (non-hydrogen) atoms. The Morgan fingerprint density at radius 2 is 1.86 bits per heavy atom. The predicted octanol–water partition coefficient (Wildman–Crippen LogP) is 4.12. The van der Waals surface area contributed by atoms with Crippen molar-refractivity contribution < 1.29 is 14.3 Å². The number of anilines is 1. The van der Waals surface area contributed by atoms with E-state index in [-0.39, 0.29) is 12.0 Å². The highest BCUT2D eigenvalue weighted by atomic mass is 16.5. The topological polar surface area (TPSA) is 47.6 Å². The first-order valence-corrected chi connectivity index (χ1v) is 7.34. The Morgan fingerprint density at radius 3 is 2.50 bits per heavy atom. The SMILES string of the molecule is CCC(C)Oc1ccc(C(=O)Nc2cccc(OC)c2)cc1. The van der Waals surface area contributed by atoms with Crippen molar-refractivity contribution in [2.24, 2.45) is 0 Å². The maximum atomic E-state index is 12.2. The Balaban J connectivity index is 2.03. The third-order valence-electron chi connectivity index (χ3n) is 3.36. The molecule has 2 rings (SSSR count). The van der Waals surface area contributed by atoms with Gasteiger partial charge in [0.1, 0.15) is 11.5 Å². The van der Waals surface area contributed by atoms with Crippen molar-refractivity contribution in [3.05, 3.63) is 54.1 Å². The molecule has 0 aliphatic carbocycles. The molecule has 0 aromatic heterocycles. The van der Waals surface area contributed by atoms with Crippen LogP contribution in [0.25, 0.3) is 0 Å². The second kappa shape index (κ2) is 7.50. The van der Waals surface area contributed by atoms with E-state index in [0.717, 1.165) is 12.2 Å². The summed E-state index contributed by atoms with van der Waals surface area (Å²) in [4.78, 5) is 12.2. The maximum Gasteiger partial charge on any atom is 0.255 e. The van der Waals surface area contributed by atoms with E-state index in [1.54, 1.807) is 25.3 Å². The van der Waals surface area contributed by atoms with Gasteiger partial charge in [-0.3, -0.25) is 4.79 Å². The molecular formula is C18H21NO3. The minimum Gasteiger partial charge on any atom is -0.497 e. The number of amides is 1. The summed E-state index contributed by atoms with van der Waals surface area (Å²) in [5, 5.41) is 2.84. The van der Waals surface area contributed by atoms with Crippen molar-refractivity contribution in [3.63, 3.8) is 0 Å². The lowest BCUT2D eigenvalue weighted by atomic mass is 10.2. The molecule has 0 bridgehead atoms. The summed E-state index contributed by atoms with van der Waals surface area (Å²) in [5.74, 6) is 1.31. The highest BCUT2D eigenvalue weighted by Crippen LogP contribution is 2.19. The van der Waals surface area contributed by atoms with Gasteiger partial charge in [0.2, 0.25) is 0 Å². The summed E-state index contributed by atoms with van der Waals surface area (Å²) in [6, 6.07) is 14.4. The van der Waals surface area contributed by atoms with Gasteiger partial charge in [-0.05, 0) is 49.7 Å². The summed E-state index contributed by atoms with van der Waals surface area (Å²) >= 11 is 0. The zero-order valence-corrected chi connectivity index (χ0v) is 13.1. The molecule has 0 fully saturated rings. The van der Waals surface area contributed by atoms with Crippen molar-refractivity contribution in [2.45, 2.75) is 26.4 Å². The molecule has 2 aromatic rings. The number of carbonyl (C=O) groups excluding carboxylic acids is 1. The Hall–Kier alpha value is -2.49. The summed E-state index contributed by atoms with van der Waals surface area (Å²) in [6.45, 7) is 4.09. The number of methoxy groups -OCH3 is 1. The van der Waals surface area contributed by atoms with Gasteiger partial charge in [-0.1, -0.05) is 13.0 Å². The molecule has 1 unspecified atom stereocenters. The smallest absolute Gasteiger partial charge is 0.255 e. The molecule has 1 atom stereocenters. The third kappa shape index (κ3) is 4.25. The average Bonchev–Trinajstić information content (AvgIpc) is 2.55. The Kier molecular flexibility index (Phi) is 5.42. The van der Waals surface area contributed by atoms with E-state index in [0.29, 0.717) is 17.0 Å². The first-order valence-electron chi connectivity index (χ1n) is 7.34. The molecule has 1 amide bonds. The van der Waals surface area contributed by atoms with Gasteiger partial charge in [0, 0.05) is 17.3 Å². The van der Waals surface area contributed by atoms with Gasteiger partial charge in [-0.15, -0.1) is 0 Å². The third-order valence-corrected chi connectivity index (χ3v) is 3.36. The normalized spacial score (nSPS) is 11.6. The van der Waals surface area contributed by atoms with Crippen LogP contribution in [0, 0.1) is 0 Å². The Morgan fingerprint density at radius 1 is 1.14 bits per heavy atom. The first kappa shape index (κ1) is 15.9. The Bertz CT molecular complexity index is 622. The molecular weight excluding hydrogens is 278 g/mol. The lowest BCUT2D eigenvalue weighted by Gasteiger charge is -2.12. The second-order valence-electron chi connectivity index (χ2n) is 5.05. The lowest BCUT2D eigenvalue weighted by molar-refractivity contribution is 0.102. The van der Waals surface area contributed by atoms with Gasteiger partial charge in [-0.2, -0.15) is 0 Å². The predicted molar refractivity (Wildman–Crippen MR) is 87.8 cm³/mol. The van der Waals surface area contributed by atoms with Gasteiger partial charge in [-0.25, -0.2) is 0 Å². The summed E-state index contributed by atoms with van der Waals surface area (Å²) in [6.07, 6.45) is 1.11. The van der Waals surface area contributed by atoms with Crippen LogP contribution in [0.15, 0.2) is 48.5 Å². The molecule has 4 nitrogen and oxygen atoms in total. The number of hydrogen-bond donors (Lipinski definition) is 1. The van der Waals surface area contributed by atoms with Gasteiger partial charge < -0.3 is 14.8 Å². The number of ether oxygens (including phenoxy) is 2. The van der Waals surface area contributed by atoms with Gasteiger partial charge in [0.25, 0.3) is 5.91 Å². The van der Waals surface area contributed by atoms with Crippen molar-refractivity contribution in [3.8, 4) is 11.5 Å². The van der Waals surface area contributed by atoms with E-state index in [2.05, 4.69) is 12.2 Å². The van der Waals surface area contributed by atoms with Crippen LogP contribution >= 0.6 is 0 Å². The van der Waals surface area contributed by atoms with Crippen LogP contribution in [-0.2, 0) is 0 Å². The van der Waals surface area contributed by atoms with E-state index in [1.807, 2.05) is 37.3 Å². The fraction of sp³-hybridized carbons (Fsp3) is 0.278. The van der Waals surface area contributed by atoms with E-state index in [4.69, 9.17) is 9.47 Å². The molecule has 0 aliphatic heterocycles. The van der Waals surface area contributed by atoms with E-state index >= 15 is 0 Å². The summed E-state index contributed by atoms with van der Waals surface area (Å²) in [5.41, 5.74) is 1.28. The van der Waals surface area contributed by atoms with Crippen molar-refractivity contribution >= 4 is 11.6 Å². The number of rotatable bonds is 6. The van der Waals surface area contributed by atoms with Crippen LogP contribution in [0.4, 0.5) is 5.69 Å². The zero-order chi connectivity index (χ0) is 15.9. The van der Waals surface area contributed by atoms with E-state index < -0.39 is 0 Å². The molecule has 0 aliphatic rings. The molecule has 0 spiro atoms. The van der Waals surface area contributed by atoms with Crippen molar-refractivity contribution in [1.29, 1.82) is 0 Å². The highest BCUT2D eigenvalue weighted by molar-refractivity contribution is 6.04. The molecule has 2 aromatic carbocycles. The quantitative estimate of drug-likeness (QED) is 0.872. The monoisotopic (exact) mass is 299 g/mol. The van der Waals surface area contributed by atoms with E-state index in [9.17, 15) is 4.79 Å². The van der Waals surface area contributed by atoms with Crippen LogP contribution in [0.2, 0.25) is 0 Å². The fourth-order valence-electron chi connectivity index (χ4n) is 1.90. The number of benzene rings is 2. The largest absolute Gasteiger partial charge is 0.497 e. The Labute approximate surface area is 131 Å². The molecule has 1 N–H and O–H groups in total. The van der Waals surface area contributed by atoms with Crippen LogP contribution in [0.3, 0.4) is 0 Å². The molecule has 0 heterocycles. The van der Waals surface area contributed by atoms with Crippen LogP contribution in [-0.4, -0.2) is 19.1 Å². The zero-order valence-electron chi connectivity index (χ0n) is 13.1. The summed E-state index contributed by atoms with van der Waals surface area (Å²) < 4.78 is 10.8. The van der Waals surface area contributed by atoms with Crippen LogP contribution < -0.4 is 14.8 Å². The lowest BCUT2D eigenvalue weighted by Crippen LogP contribution is -2.12. The minimum atomic E-state index is -0.164. The van der Waals surface area contributed by atoms with Crippen molar-refractivity contribution in [2.75, 3.05) is 12.4 Å². The maximum absolute atomic E-state index is 12.2. The standard InChI is InChI=1S/C18H21NO3/c1-4-13(2)22-16-10-8-14(9-11-16)18(20)19-15-6-5-7-17(12-15)21-3/h5-13H,4H2,1-3H3,(H,19,20). The molecule has 116 valence electrons. The first-order chi connectivity index (χ1) is 10.6. The van der Waals surface area contributed by atoms with Crippen LogP contribution in [0.1, 0.15) is 30.6 Å². The van der Waals surface area contributed by atoms with Crippen LogP contribution in [0.5, 0.6) is 11.5 Å². The van der Waals surface area contributed by atoms with Gasteiger partial charge >= 0.3 is 0 Å². The summed E-state index contributed by atoms with van der Waals surface area (Å²) in [7, 11) is 1.59. The van der Waals surface area contributed by atoms with E-state index in [1.165, 1.54) is 0 Å². The highest BCUT2D eigenvalue weighted by Gasteiger charge is 2.08. The van der Waals surface area contributed by atoms with Gasteiger partial charge in [0.05, 0.1) is 13.2 Å². The molecule has 0 radical (unpaired) electrons. The number of carbonyl (C=O) groups is 1. The average molecular weight is 299 g/mol. The van der Waals surface area contributed by atoms with Crippen molar-refractivity contribution in [1.82, 2.24) is 0 Å². The molecule has 0 saturated carbocycles. The second-order valence-corrected chi connectivity index (χ2v) is 5.05.